The zero-order valence-corrected chi connectivity index (χ0v) is 14.7. The summed E-state index contributed by atoms with van der Waals surface area (Å²) in [5.41, 5.74) is 2.86. The summed E-state index contributed by atoms with van der Waals surface area (Å²) in [6.07, 6.45) is 1.16. The van der Waals surface area contributed by atoms with E-state index in [0.29, 0.717) is 16.5 Å². The lowest BCUT2D eigenvalue weighted by Gasteiger charge is -2.36. The Morgan fingerprint density at radius 3 is 2.57 bits per heavy atom. The fourth-order valence-electron chi connectivity index (χ4n) is 3.34. The molecule has 126 valence electrons. The number of rotatable bonds is 3. The molecular weight excluding hydrogens is 312 g/mol. The van der Waals surface area contributed by atoms with E-state index < -0.39 is 0 Å². The maximum absolute atomic E-state index is 12.7. The van der Waals surface area contributed by atoms with Crippen LogP contribution in [0.25, 0.3) is 0 Å². The lowest BCUT2D eigenvalue weighted by molar-refractivity contribution is 0.0611. The SMILES string of the molecule is Cc1cc(Cl)c(C(=O)N2CCN(CC3CCOC3)CC2)cc1C. The molecule has 4 nitrogen and oxygen atoms in total. The van der Waals surface area contributed by atoms with Crippen molar-refractivity contribution < 1.29 is 9.53 Å². The molecule has 23 heavy (non-hydrogen) atoms. The number of hydrogen-bond donors (Lipinski definition) is 0. The number of halogens is 1. The molecule has 0 aliphatic carbocycles. The Hall–Kier alpha value is -1.10. The van der Waals surface area contributed by atoms with Gasteiger partial charge in [0.2, 0.25) is 0 Å². The van der Waals surface area contributed by atoms with Crippen LogP contribution in [0.4, 0.5) is 0 Å². The van der Waals surface area contributed by atoms with E-state index in [0.717, 1.165) is 63.5 Å². The Morgan fingerprint density at radius 2 is 1.91 bits per heavy atom. The number of carbonyl (C=O) groups is 1. The number of aryl methyl sites for hydroxylation is 2. The molecule has 1 atom stereocenters. The van der Waals surface area contributed by atoms with Crippen molar-refractivity contribution in [1.29, 1.82) is 0 Å². The summed E-state index contributed by atoms with van der Waals surface area (Å²) in [7, 11) is 0. The van der Waals surface area contributed by atoms with Crippen LogP contribution in [0.5, 0.6) is 0 Å². The van der Waals surface area contributed by atoms with Gasteiger partial charge in [-0.05, 0) is 49.4 Å². The Kier molecular flexibility index (Phi) is 5.24. The quantitative estimate of drug-likeness (QED) is 0.851. The Bertz CT molecular complexity index is 577. The van der Waals surface area contributed by atoms with Gasteiger partial charge in [0.1, 0.15) is 0 Å². The number of nitrogens with zero attached hydrogens (tertiary/aromatic N) is 2. The molecule has 0 bridgehead atoms. The van der Waals surface area contributed by atoms with E-state index in [4.69, 9.17) is 16.3 Å². The number of ether oxygens (including phenoxy) is 1. The van der Waals surface area contributed by atoms with E-state index in [1.54, 1.807) is 0 Å². The van der Waals surface area contributed by atoms with Crippen LogP contribution in [0.15, 0.2) is 12.1 Å². The summed E-state index contributed by atoms with van der Waals surface area (Å²) in [6.45, 7) is 10.3. The topological polar surface area (TPSA) is 32.8 Å². The van der Waals surface area contributed by atoms with Crippen LogP contribution in [-0.4, -0.2) is 61.6 Å². The van der Waals surface area contributed by atoms with Crippen molar-refractivity contribution in [2.24, 2.45) is 5.92 Å². The molecule has 0 aromatic heterocycles. The molecule has 0 saturated carbocycles. The van der Waals surface area contributed by atoms with Gasteiger partial charge in [-0.15, -0.1) is 0 Å². The fraction of sp³-hybridized carbons (Fsp3) is 0.611. The van der Waals surface area contributed by atoms with E-state index in [1.165, 1.54) is 0 Å². The van der Waals surface area contributed by atoms with Crippen LogP contribution < -0.4 is 0 Å². The average Bonchev–Trinajstić information content (AvgIpc) is 3.04. The van der Waals surface area contributed by atoms with Gasteiger partial charge in [-0.25, -0.2) is 0 Å². The maximum Gasteiger partial charge on any atom is 0.255 e. The smallest absolute Gasteiger partial charge is 0.255 e. The second-order valence-corrected chi connectivity index (χ2v) is 7.15. The zero-order valence-electron chi connectivity index (χ0n) is 14.0. The Labute approximate surface area is 143 Å². The molecule has 1 aromatic rings. The average molecular weight is 337 g/mol. The van der Waals surface area contributed by atoms with E-state index in [9.17, 15) is 4.79 Å². The minimum Gasteiger partial charge on any atom is -0.381 e. The van der Waals surface area contributed by atoms with E-state index >= 15 is 0 Å². The number of carbonyl (C=O) groups excluding carboxylic acids is 1. The first kappa shape index (κ1) is 16.7. The molecule has 0 radical (unpaired) electrons. The van der Waals surface area contributed by atoms with Gasteiger partial charge in [0.15, 0.2) is 0 Å². The summed E-state index contributed by atoms with van der Waals surface area (Å²) < 4.78 is 5.44. The van der Waals surface area contributed by atoms with Crippen molar-refractivity contribution in [3.8, 4) is 0 Å². The van der Waals surface area contributed by atoms with Crippen molar-refractivity contribution >= 4 is 17.5 Å². The molecule has 1 amide bonds. The summed E-state index contributed by atoms with van der Waals surface area (Å²) in [6, 6.07) is 3.81. The first-order valence-electron chi connectivity index (χ1n) is 8.40. The summed E-state index contributed by atoms with van der Waals surface area (Å²) in [5.74, 6) is 0.716. The molecule has 2 saturated heterocycles. The van der Waals surface area contributed by atoms with Gasteiger partial charge in [0.25, 0.3) is 5.91 Å². The molecule has 1 aromatic carbocycles. The lowest BCUT2D eigenvalue weighted by atomic mass is 10.0. The number of hydrogen-bond acceptors (Lipinski definition) is 3. The minimum absolute atomic E-state index is 0.0574. The molecule has 2 aliphatic rings. The number of amides is 1. The monoisotopic (exact) mass is 336 g/mol. The lowest BCUT2D eigenvalue weighted by Crippen LogP contribution is -2.49. The van der Waals surface area contributed by atoms with Crippen molar-refractivity contribution in [2.45, 2.75) is 20.3 Å². The molecule has 2 heterocycles. The standard InChI is InChI=1S/C18H25ClN2O2/c1-13-9-16(17(19)10-14(13)2)18(22)21-6-4-20(5-7-21)11-15-3-8-23-12-15/h9-10,15H,3-8,11-12H2,1-2H3. The van der Waals surface area contributed by atoms with Crippen LogP contribution in [0.2, 0.25) is 5.02 Å². The Morgan fingerprint density at radius 1 is 1.22 bits per heavy atom. The van der Waals surface area contributed by atoms with Gasteiger partial charge < -0.3 is 9.64 Å². The fourth-order valence-corrected chi connectivity index (χ4v) is 3.64. The summed E-state index contributed by atoms with van der Waals surface area (Å²) in [4.78, 5) is 17.1. The third-order valence-electron chi connectivity index (χ3n) is 5.01. The van der Waals surface area contributed by atoms with Gasteiger partial charge in [-0.3, -0.25) is 9.69 Å². The highest BCUT2D eigenvalue weighted by atomic mass is 35.5. The van der Waals surface area contributed by atoms with Crippen molar-refractivity contribution in [3.63, 3.8) is 0 Å². The maximum atomic E-state index is 12.7. The van der Waals surface area contributed by atoms with Gasteiger partial charge in [-0.2, -0.15) is 0 Å². The second-order valence-electron chi connectivity index (χ2n) is 6.74. The molecule has 3 rings (SSSR count). The van der Waals surface area contributed by atoms with Gasteiger partial charge in [0, 0.05) is 39.3 Å². The summed E-state index contributed by atoms with van der Waals surface area (Å²) in [5, 5.41) is 0.559. The number of piperazine rings is 1. The van der Waals surface area contributed by atoms with Crippen LogP contribution in [0.3, 0.4) is 0 Å². The highest BCUT2D eigenvalue weighted by Crippen LogP contribution is 2.23. The zero-order chi connectivity index (χ0) is 16.4. The largest absolute Gasteiger partial charge is 0.381 e. The van der Waals surface area contributed by atoms with Gasteiger partial charge in [0.05, 0.1) is 17.2 Å². The van der Waals surface area contributed by atoms with Crippen LogP contribution >= 0.6 is 11.6 Å². The van der Waals surface area contributed by atoms with Crippen molar-refractivity contribution in [2.75, 3.05) is 45.9 Å². The first-order valence-corrected chi connectivity index (χ1v) is 8.78. The first-order chi connectivity index (χ1) is 11.0. The third-order valence-corrected chi connectivity index (χ3v) is 5.33. The highest BCUT2D eigenvalue weighted by Gasteiger charge is 2.26. The van der Waals surface area contributed by atoms with E-state index in [1.807, 2.05) is 30.9 Å². The van der Waals surface area contributed by atoms with Gasteiger partial charge in [-0.1, -0.05) is 11.6 Å². The van der Waals surface area contributed by atoms with E-state index in [-0.39, 0.29) is 5.91 Å². The van der Waals surface area contributed by atoms with E-state index in [2.05, 4.69) is 4.90 Å². The summed E-state index contributed by atoms with van der Waals surface area (Å²) >= 11 is 6.29. The minimum atomic E-state index is 0.0574. The van der Waals surface area contributed by atoms with Crippen LogP contribution in [0.1, 0.15) is 27.9 Å². The third kappa shape index (κ3) is 3.87. The van der Waals surface area contributed by atoms with Gasteiger partial charge >= 0.3 is 0 Å². The molecule has 5 heteroatoms. The van der Waals surface area contributed by atoms with Crippen molar-refractivity contribution in [3.05, 3.63) is 33.8 Å². The Balaban J connectivity index is 1.58. The molecule has 0 spiro atoms. The molecule has 0 N–H and O–H groups in total. The second kappa shape index (κ2) is 7.20. The normalized spacial score (nSPS) is 22.6. The molecular formula is C18H25ClN2O2. The predicted molar refractivity (Wildman–Crippen MR) is 92.2 cm³/mol. The molecule has 2 aliphatic heterocycles. The molecule has 1 unspecified atom stereocenters. The van der Waals surface area contributed by atoms with Crippen molar-refractivity contribution in [1.82, 2.24) is 9.80 Å². The predicted octanol–water partition coefficient (Wildman–Crippen LogP) is 2.75. The van der Waals surface area contributed by atoms with Crippen LogP contribution in [0, 0.1) is 19.8 Å². The highest BCUT2D eigenvalue weighted by molar-refractivity contribution is 6.34. The number of benzene rings is 1. The van der Waals surface area contributed by atoms with Crippen LogP contribution in [-0.2, 0) is 4.74 Å². The molecule has 2 fully saturated rings.